The summed E-state index contributed by atoms with van der Waals surface area (Å²) in [6, 6.07) is 1.69. The quantitative estimate of drug-likeness (QED) is 0.768. The number of aromatic nitrogens is 4. The lowest BCUT2D eigenvalue weighted by Crippen LogP contribution is -2.40. The van der Waals surface area contributed by atoms with E-state index in [1.807, 2.05) is 0 Å². The molecule has 7 nitrogen and oxygen atoms in total. The number of rotatable bonds is 1. The van der Waals surface area contributed by atoms with E-state index < -0.39 is 5.79 Å². The number of hydrogen-bond donors (Lipinski definition) is 0. The van der Waals surface area contributed by atoms with Crippen molar-refractivity contribution in [3.8, 4) is 5.95 Å². The zero-order valence-electron chi connectivity index (χ0n) is 11.1. The minimum atomic E-state index is -0.670. The van der Waals surface area contributed by atoms with Crippen molar-refractivity contribution in [2.45, 2.75) is 25.0 Å². The summed E-state index contributed by atoms with van der Waals surface area (Å²) in [6.45, 7) is 0. The van der Waals surface area contributed by atoms with Crippen molar-refractivity contribution >= 4 is 0 Å². The summed E-state index contributed by atoms with van der Waals surface area (Å²) in [7, 11) is 0. The molecule has 2 aliphatic rings. The van der Waals surface area contributed by atoms with E-state index in [0.29, 0.717) is 19.3 Å². The molecule has 4 rings (SSSR count). The highest BCUT2D eigenvalue weighted by atomic mass is 16.7. The molecule has 0 atom stereocenters. The van der Waals surface area contributed by atoms with Crippen LogP contribution >= 0.6 is 0 Å². The van der Waals surface area contributed by atoms with E-state index in [-0.39, 0.29) is 11.5 Å². The van der Waals surface area contributed by atoms with Crippen LogP contribution in [0.3, 0.4) is 0 Å². The van der Waals surface area contributed by atoms with E-state index in [1.165, 1.54) is 17.2 Å². The van der Waals surface area contributed by atoms with Gasteiger partial charge in [0.15, 0.2) is 0 Å². The summed E-state index contributed by atoms with van der Waals surface area (Å²) in [6.07, 6.45) is 9.61. The van der Waals surface area contributed by atoms with Gasteiger partial charge in [0.05, 0.1) is 12.6 Å². The molecule has 0 amide bonds. The SMILES string of the molecule is O=c1c2c(cnn1-c1ncccn1)CC1(CC2)OC=CO1. The van der Waals surface area contributed by atoms with Crippen molar-refractivity contribution in [2.75, 3.05) is 0 Å². The molecule has 0 saturated carbocycles. The van der Waals surface area contributed by atoms with Gasteiger partial charge in [0.1, 0.15) is 12.5 Å². The molecule has 0 bridgehead atoms. The Morgan fingerprint density at radius 3 is 2.71 bits per heavy atom. The Morgan fingerprint density at radius 2 is 1.95 bits per heavy atom. The van der Waals surface area contributed by atoms with Crippen LogP contribution in [0.25, 0.3) is 5.95 Å². The van der Waals surface area contributed by atoms with E-state index in [2.05, 4.69) is 15.1 Å². The molecule has 0 saturated heterocycles. The molecule has 0 fully saturated rings. The van der Waals surface area contributed by atoms with Gasteiger partial charge in [-0.25, -0.2) is 9.97 Å². The first-order valence-electron chi connectivity index (χ1n) is 6.66. The molecule has 1 aliphatic carbocycles. The summed E-state index contributed by atoms with van der Waals surface area (Å²) in [5, 5.41) is 4.16. The summed E-state index contributed by atoms with van der Waals surface area (Å²) < 4.78 is 12.3. The fourth-order valence-electron chi connectivity index (χ4n) is 2.71. The fraction of sp³-hybridized carbons (Fsp3) is 0.286. The van der Waals surface area contributed by atoms with E-state index in [4.69, 9.17) is 9.47 Å². The zero-order valence-corrected chi connectivity index (χ0v) is 11.1. The highest BCUT2D eigenvalue weighted by molar-refractivity contribution is 5.28. The average Bonchev–Trinajstić information content (AvgIpc) is 2.96. The first kappa shape index (κ1) is 12.1. The molecule has 0 N–H and O–H groups in total. The summed E-state index contributed by atoms with van der Waals surface area (Å²) >= 11 is 0. The monoisotopic (exact) mass is 284 g/mol. The van der Waals surface area contributed by atoms with Crippen LogP contribution in [0.5, 0.6) is 0 Å². The van der Waals surface area contributed by atoms with Crippen molar-refractivity contribution in [1.29, 1.82) is 0 Å². The number of fused-ring (bicyclic) bond motifs is 1. The van der Waals surface area contributed by atoms with Crippen molar-refractivity contribution in [3.05, 3.63) is 58.7 Å². The third kappa shape index (κ3) is 1.89. The van der Waals surface area contributed by atoms with Crippen molar-refractivity contribution in [2.24, 2.45) is 0 Å². The Bertz CT molecular complexity index is 762. The smallest absolute Gasteiger partial charge is 0.277 e. The third-order valence-electron chi connectivity index (χ3n) is 3.75. The van der Waals surface area contributed by atoms with Gasteiger partial charge in [0.2, 0.25) is 0 Å². The predicted molar refractivity (Wildman–Crippen MR) is 71.5 cm³/mol. The molecular formula is C14H12N4O3. The first-order chi connectivity index (χ1) is 10.3. The average molecular weight is 284 g/mol. The normalized spacial score (nSPS) is 18.1. The van der Waals surface area contributed by atoms with Gasteiger partial charge in [-0.15, -0.1) is 0 Å². The molecule has 21 heavy (non-hydrogen) atoms. The zero-order chi connectivity index (χ0) is 14.3. The van der Waals surface area contributed by atoms with Crippen molar-refractivity contribution in [3.63, 3.8) is 0 Å². The third-order valence-corrected chi connectivity index (χ3v) is 3.75. The molecule has 1 aliphatic heterocycles. The second kappa shape index (κ2) is 4.41. The number of nitrogens with zero attached hydrogens (tertiary/aromatic N) is 4. The Morgan fingerprint density at radius 1 is 1.19 bits per heavy atom. The molecular weight excluding hydrogens is 272 g/mol. The second-order valence-corrected chi connectivity index (χ2v) is 5.01. The van der Waals surface area contributed by atoms with Crippen LogP contribution in [0, 0.1) is 0 Å². The minimum absolute atomic E-state index is 0.181. The van der Waals surface area contributed by atoms with Gasteiger partial charge in [-0.2, -0.15) is 9.78 Å². The minimum Gasteiger partial charge on any atom is -0.456 e. The molecule has 0 radical (unpaired) electrons. The summed E-state index contributed by atoms with van der Waals surface area (Å²) in [4.78, 5) is 20.7. The lowest BCUT2D eigenvalue weighted by atomic mass is 9.89. The van der Waals surface area contributed by atoms with Crippen LogP contribution < -0.4 is 5.56 Å². The van der Waals surface area contributed by atoms with E-state index >= 15 is 0 Å². The van der Waals surface area contributed by atoms with Gasteiger partial charge in [-0.3, -0.25) is 4.79 Å². The van der Waals surface area contributed by atoms with E-state index in [1.54, 1.807) is 24.7 Å². The topological polar surface area (TPSA) is 79.1 Å². The highest BCUT2D eigenvalue weighted by Gasteiger charge is 2.40. The highest BCUT2D eigenvalue weighted by Crippen LogP contribution is 2.34. The number of ether oxygens (including phenoxy) is 2. The largest absolute Gasteiger partial charge is 0.456 e. The van der Waals surface area contributed by atoms with Gasteiger partial charge in [-0.1, -0.05) is 0 Å². The molecule has 3 heterocycles. The molecule has 106 valence electrons. The molecule has 2 aromatic heterocycles. The first-order valence-corrected chi connectivity index (χ1v) is 6.66. The molecule has 2 aromatic rings. The van der Waals surface area contributed by atoms with Crippen LogP contribution in [0.2, 0.25) is 0 Å². The second-order valence-electron chi connectivity index (χ2n) is 5.01. The van der Waals surface area contributed by atoms with Gasteiger partial charge in [0, 0.05) is 24.4 Å². The maximum Gasteiger partial charge on any atom is 0.277 e. The van der Waals surface area contributed by atoms with Crippen LogP contribution in [-0.2, 0) is 22.3 Å². The molecule has 0 aromatic carbocycles. The Kier molecular flexibility index (Phi) is 2.53. The predicted octanol–water partition coefficient (Wildman–Crippen LogP) is 0.726. The van der Waals surface area contributed by atoms with Gasteiger partial charge < -0.3 is 9.47 Å². The maximum absolute atomic E-state index is 12.5. The Balaban J connectivity index is 1.76. The van der Waals surface area contributed by atoms with Crippen LogP contribution in [0.4, 0.5) is 0 Å². The summed E-state index contributed by atoms with van der Waals surface area (Å²) in [5.41, 5.74) is 1.39. The molecule has 1 spiro atoms. The lowest BCUT2D eigenvalue weighted by molar-refractivity contribution is -0.148. The Hall–Kier alpha value is -2.70. The van der Waals surface area contributed by atoms with Crippen LogP contribution in [0.15, 0.2) is 42.0 Å². The fourth-order valence-corrected chi connectivity index (χ4v) is 2.71. The van der Waals surface area contributed by atoms with Crippen molar-refractivity contribution < 1.29 is 9.47 Å². The van der Waals surface area contributed by atoms with Crippen LogP contribution in [0.1, 0.15) is 17.5 Å². The van der Waals surface area contributed by atoms with E-state index in [0.717, 1.165) is 11.1 Å². The standard InChI is InChI=1S/C14H12N4O3/c19-12-11-2-3-14(20-6-7-21-14)8-10(11)9-17-18(12)13-15-4-1-5-16-13/h1,4-7,9H,2-3,8H2. The van der Waals surface area contributed by atoms with E-state index in [9.17, 15) is 4.79 Å². The van der Waals surface area contributed by atoms with Gasteiger partial charge in [-0.05, 0) is 18.1 Å². The summed E-state index contributed by atoms with van der Waals surface area (Å²) in [5.74, 6) is -0.392. The van der Waals surface area contributed by atoms with Gasteiger partial charge in [0.25, 0.3) is 17.3 Å². The lowest BCUT2D eigenvalue weighted by Gasteiger charge is -2.32. The van der Waals surface area contributed by atoms with Gasteiger partial charge >= 0.3 is 0 Å². The van der Waals surface area contributed by atoms with Crippen LogP contribution in [-0.4, -0.2) is 25.5 Å². The Labute approximate surface area is 119 Å². The maximum atomic E-state index is 12.5. The number of hydrogen-bond acceptors (Lipinski definition) is 6. The van der Waals surface area contributed by atoms with Crippen molar-refractivity contribution in [1.82, 2.24) is 19.7 Å². The molecule has 7 heteroatoms. The molecule has 0 unspecified atom stereocenters.